The van der Waals surface area contributed by atoms with E-state index in [1.165, 1.54) is 16.7 Å². The van der Waals surface area contributed by atoms with Crippen LogP contribution in [0.15, 0.2) is 5.03 Å². The van der Waals surface area contributed by atoms with Crippen LogP contribution in [-0.4, -0.2) is 29.0 Å². The number of rotatable bonds is 1. The Morgan fingerprint density at radius 1 is 1.80 bits per heavy atom. The SMILES string of the molecule is CCN1C(=O)CSC1=C=O. The molecule has 1 rings (SSSR count). The second-order valence-corrected chi connectivity index (χ2v) is 2.80. The van der Waals surface area contributed by atoms with Gasteiger partial charge in [0.05, 0.1) is 5.75 Å². The van der Waals surface area contributed by atoms with Crippen molar-refractivity contribution in [2.75, 3.05) is 12.3 Å². The summed E-state index contributed by atoms with van der Waals surface area (Å²) >= 11 is 1.25. The Bertz CT molecular complexity index is 208. The summed E-state index contributed by atoms with van der Waals surface area (Å²) in [6.07, 6.45) is 0. The Kier molecular flexibility index (Phi) is 2.14. The summed E-state index contributed by atoms with van der Waals surface area (Å²) in [6.45, 7) is 2.40. The van der Waals surface area contributed by atoms with Gasteiger partial charge in [-0.2, -0.15) is 0 Å². The Morgan fingerprint density at radius 3 is 2.90 bits per heavy atom. The van der Waals surface area contributed by atoms with Gasteiger partial charge in [-0.05, 0) is 6.92 Å². The molecule has 1 aliphatic rings. The van der Waals surface area contributed by atoms with Gasteiger partial charge in [-0.25, -0.2) is 4.79 Å². The van der Waals surface area contributed by atoms with E-state index in [1.54, 1.807) is 5.94 Å². The molecule has 0 aromatic rings. The van der Waals surface area contributed by atoms with Crippen LogP contribution in [0.4, 0.5) is 0 Å². The number of thioether (sulfide) groups is 1. The number of amides is 1. The van der Waals surface area contributed by atoms with Gasteiger partial charge < -0.3 is 0 Å². The first-order valence-corrected chi connectivity index (χ1v) is 3.96. The van der Waals surface area contributed by atoms with Crippen molar-refractivity contribution in [1.29, 1.82) is 0 Å². The molecule has 1 amide bonds. The van der Waals surface area contributed by atoms with Crippen molar-refractivity contribution in [2.45, 2.75) is 6.92 Å². The molecule has 1 aliphatic heterocycles. The van der Waals surface area contributed by atoms with Crippen LogP contribution >= 0.6 is 11.8 Å². The lowest BCUT2D eigenvalue weighted by atomic mass is 10.5. The summed E-state index contributed by atoms with van der Waals surface area (Å²) in [4.78, 5) is 22.5. The summed E-state index contributed by atoms with van der Waals surface area (Å²) in [5.74, 6) is 2.12. The number of nitrogens with zero attached hydrogens (tertiary/aromatic N) is 1. The highest BCUT2D eigenvalue weighted by molar-refractivity contribution is 8.04. The van der Waals surface area contributed by atoms with E-state index in [2.05, 4.69) is 0 Å². The zero-order valence-corrected chi connectivity index (χ0v) is 6.40. The topological polar surface area (TPSA) is 37.4 Å². The van der Waals surface area contributed by atoms with Gasteiger partial charge in [-0.3, -0.25) is 9.69 Å². The summed E-state index contributed by atoms with van der Waals surface area (Å²) < 4.78 is 0. The molecule has 0 saturated carbocycles. The second kappa shape index (κ2) is 2.90. The number of hydrogen-bond acceptors (Lipinski definition) is 3. The van der Waals surface area contributed by atoms with E-state index in [1.807, 2.05) is 6.92 Å². The van der Waals surface area contributed by atoms with E-state index in [4.69, 9.17) is 0 Å². The lowest BCUT2D eigenvalue weighted by Crippen LogP contribution is -2.23. The Labute approximate surface area is 63.1 Å². The van der Waals surface area contributed by atoms with Gasteiger partial charge >= 0.3 is 0 Å². The molecule has 1 heterocycles. The highest BCUT2D eigenvalue weighted by atomic mass is 32.2. The van der Waals surface area contributed by atoms with Crippen LogP contribution in [0, 0.1) is 0 Å². The average molecular weight is 157 g/mol. The number of carbonyl (C=O) groups excluding carboxylic acids is 2. The summed E-state index contributed by atoms with van der Waals surface area (Å²) in [5, 5.41) is 0.424. The first-order chi connectivity index (χ1) is 4.79. The van der Waals surface area contributed by atoms with Crippen molar-refractivity contribution in [3.05, 3.63) is 5.03 Å². The third kappa shape index (κ3) is 1.08. The van der Waals surface area contributed by atoms with Crippen LogP contribution in [0.2, 0.25) is 0 Å². The van der Waals surface area contributed by atoms with Gasteiger partial charge in [-0.15, -0.1) is 0 Å². The molecule has 0 aliphatic carbocycles. The van der Waals surface area contributed by atoms with E-state index in [9.17, 15) is 9.59 Å². The molecule has 0 radical (unpaired) electrons. The maximum atomic E-state index is 10.9. The predicted molar refractivity (Wildman–Crippen MR) is 39.1 cm³/mol. The molecule has 3 nitrogen and oxygen atoms in total. The zero-order valence-electron chi connectivity index (χ0n) is 5.59. The van der Waals surface area contributed by atoms with Crippen molar-refractivity contribution in [3.63, 3.8) is 0 Å². The maximum Gasteiger partial charge on any atom is 0.238 e. The van der Waals surface area contributed by atoms with E-state index in [-0.39, 0.29) is 5.91 Å². The minimum Gasteiger partial charge on any atom is -0.297 e. The summed E-state index contributed by atoms with van der Waals surface area (Å²) in [5.41, 5.74) is 0. The molecule has 0 aromatic carbocycles. The molecular formula is C6H7NO2S. The molecule has 0 N–H and O–H groups in total. The van der Waals surface area contributed by atoms with Gasteiger partial charge in [0, 0.05) is 6.54 Å². The normalized spacial score (nSPS) is 17.9. The van der Waals surface area contributed by atoms with Crippen LogP contribution in [-0.2, 0) is 9.59 Å². The quantitative estimate of drug-likeness (QED) is 0.512. The van der Waals surface area contributed by atoms with E-state index in [0.29, 0.717) is 17.3 Å². The fraction of sp³-hybridized carbons (Fsp3) is 0.500. The molecular weight excluding hydrogens is 150 g/mol. The van der Waals surface area contributed by atoms with Gasteiger partial charge in [0.2, 0.25) is 5.91 Å². The molecule has 0 bridgehead atoms. The van der Waals surface area contributed by atoms with Crippen LogP contribution in [0.3, 0.4) is 0 Å². The fourth-order valence-electron chi connectivity index (χ4n) is 0.804. The van der Waals surface area contributed by atoms with Crippen molar-refractivity contribution in [1.82, 2.24) is 4.90 Å². The first kappa shape index (κ1) is 7.38. The highest BCUT2D eigenvalue weighted by Gasteiger charge is 2.25. The van der Waals surface area contributed by atoms with Gasteiger partial charge in [0.15, 0.2) is 11.0 Å². The van der Waals surface area contributed by atoms with Crippen LogP contribution in [0.25, 0.3) is 0 Å². The third-order valence-electron chi connectivity index (χ3n) is 1.28. The second-order valence-electron chi connectivity index (χ2n) is 1.83. The molecule has 0 atom stereocenters. The molecule has 0 spiro atoms. The molecule has 10 heavy (non-hydrogen) atoms. The van der Waals surface area contributed by atoms with Crippen LogP contribution in [0.5, 0.6) is 0 Å². The first-order valence-electron chi connectivity index (χ1n) is 2.98. The highest BCUT2D eigenvalue weighted by Crippen LogP contribution is 2.25. The predicted octanol–water partition coefficient (Wildman–Crippen LogP) is 0.255. The van der Waals surface area contributed by atoms with Gasteiger partial charge in [0.25, 0.3) is 0 Å². The average Bonchev–Trinajstić information content (AvgIpc) is 2.30. The molecule has 0 unspecified atom stereocenters. The standard InChI is InChI=1S/C6H7NO2S/c1-2-7-5(9)4-10-6(7)3-8/h2,4H2,1H3. The van der Waals surface area contributed by atoms with Crippen molar-refractivity contribution in [3.8, 4) is 0 Å². The van der Waals surface area contributed by atoms with E-state index in [0.717, 1.165) is 0 Å². The minimum absolute atomic E-state index is 0.00542. The van der Waals surface area contributed by atoms with Crippen molar-refractivity contribution >= 4 is 23.6 Å². The van der Waals surface area contributed by atoms with Crippen LogP contribution < -0.4 is 0 Å². The van der Waals surface area contributed by atoms with E-state index < -0.39 is 0 Å². The Morgan fingerprint density at radius 2 is 2.50 bits per heavy atom. The lowest BCUT2D eigenvalue weighted by molar-refractivity contribution is -0.125. The Hall–Kier alpha value is -0.730. The van der Waals surface area contributed by atoms with Gasteiger partial charge in [0.1, 0.15) is 0 Å². The number of carbonyl (C=O) groups is 1. The van der Waals surface area contributed by atoms with Crippen molar-refractivity contribution < 1.29 is 9.59 Å². The lowest BCUT2D eigenvalue weighted by Gasteiger charge is -2.09. The third-order valence-corrected chi connectivity index (χ3v) is 2.25. The summed E-state index contributed by atoms with van der Waals surface area (Å²) in [7, 11) is 0. The number of hydrogen-bond donors (Lipinski definition) is 0. The van der Waals surface area contributed by atoms with Crippen molar-refractivity contribution in [2.24, 2.45) is 0 Å². The smallest absolute Gasteiger partial charge is 0.238 e. The van der Waals surface area contributed by atoms with Crippen LogP contribution in [0.1, 0.15) is 6.92 Å². The molecule has 0 aromatic heterocycles. The molecule has 1 saturated heterocycles. The zero-order chi connectivity index (χ0) is 7.56. The Balaban J connectivity index is 2.82. The molecule has 54 valence electrons. The molecule has 4 heteroatoms. The largest absolute Gasteiger partial charge is 0.297 e. The molecule has 1 fully saturated rings. The fourth-order valence-corrected chi connectivity index (χ4v) is 1.67. The van der Waals surface area contributed by atoms with Gasteiger partial charge in [-0.1, -0.05) is 11.8 Å². The minimum atomic E-state index is 0.00542. The maximum absolute atomic E-state index is 10.9. The van der Waals surface area contributed by atoms with E-state index >= 15 is 0 Å². The monoisotopic (exact) mass is 157 g/mol. The summed E-state index contributed by atoms with van der Waals surface area (Å²) in [6, 6.07) is 0.